The molecule has 0 aromatic heterocycles. The molecule has 0 saturated carbocycles. The molecular formula is C28H12F2N2. The SMILES string of the molecule is N#Cc1ccc(C#Cc2ccc(C#Cc3ccc(C#N)c(F)c3)c3ccccc23)cc1F. The van der Waals surface area contributed by atoms with Crippen LogP contribution in [0.2, 0.25) is 0 Å². The largest absolute Gasteiger partial charge is 0.206 e. The van der Waals surface area contributed by atoms with Crippen LogP contribution < -0.4 is 0 Å². The van der Waals surface area contributed by atoms with Gasteiger partial charge in [-0.2, -0.15) is 10.5 Å². The van der Waals surface area contributed by atoms with E-state index < -0.39 is 11.6 Å². The van der Waals surface area contributed by atoms with Gasteiger partial charge in [0, 0.05) is 22.3 Å². The fourth-order valence-electron chi connectivity index (χ4n) is 3.16. The molecule has 0 saturated heterocycles. The van der Waals surface area contributed by atoms with E-state index in [2.05, 4.69) is 23.7 Å². The Kier molecular flexibility index (Phi) is 5.64. The van der Waals surface area contributed by atoms with Gasteiger partial charge in [-0.15, -0.1) is 0 Å². The van der Waals surface area contributed by atoms with Crippen molar-refractivity contribution in [1.29, 1.82) is 10.5 Å². The molecular weight excluding hydrogens is 402 g/mol. The van der Waals surface area contributed by atoms with Gasteiger partial charge >= 0.3 is 0 Å². The van der Waals surface area contributed by atoms with Gasteiger partial charge in [0.25, 0.3) is 0 Å². The van der Waals surface area contributed by atoms with Gasteiger partial charge < -0.3 is 0 Å². The minimum Gasteiger partial charge on any atom is -0.206 e. The molecule has 32 heavy (non-hydrogen) atoms. The molecule has 0 fully saturated rings. The summed E-state index contributed by atoms with van der Waals surface area (Å²) in [6, 6.07) is 23.4. The topological polar surface area (TPSA) is 47.6 Å². The highest BCUT2D eigenvalue weighted by Crippen LogP contribution is 2.22. The van der Waals surface area contributed by atoms with Crippen molar-refractivity contribution >= 4 is 10.8 Å². The molecule has 0 radical (unpaired) electrons. The summed E-state index contributed by atoms with van der Waals surface area (Å²) in [5.41, 5.74) is 2.40. The maximum absolute atomic E-state index is 13.8. The molecule has 0 aliphatic carbocycles. The van der Waals surface area contributed by atoms with Crippen molar-refractivity contribution in [2.45, 2.75) is 0 Å². The van der Waals surface area contributed by atoms with Crippen molar-refractivity contribution in [2.24, 2.45) is 0 Å². The second-order valence-electron chi connectivity index (χ2n) is 6.82. The number of fused-ring (bicyclic) bond motifs is 1. The molecule has 2 nitrogen and oxygen atoms in total. The van der Waals surface area contributed by atoms with Gasteiger partial charge in [0.15, 0.2) is 0 Å². The quantitative estimate of drug-likeness (QED) is 0.349. The first-order valence-electron chi connectivity index (χ1n) is 9.54. The van der Waals surface area contributed by atoms with E-state index >= 15 is 0 Å². The minimum absolute atomic E-state index is 0.0222. The molecule has 0 aliphatic rings. The fourth-order valence-corrected chi connectivity index (χ4v) is 3.16. The maximum atomic E-state index is 13.8. The van der Waals surface area contributed by atoms with E-state index in [-0.39, 0.29) is 11.1 Å². The first-order chi connectivity index (χ1) is 15.6. The number of nitrogens with zero attached hydrogens (tertiary/aromatic N) is 2. The molecule has 0 unspecified atom stereocenters. The monoisotopic (exact) mass is 414 g/mol. The average Bonchev–Trinajstić information content (AvgIpc) is 2.82. The molecule has 0 spiro atoms. The summed E-state index contributed by atoms with van der Waals surface area (Å²) >= 11 is 0. The van der Waals surface area contributed by atoms with E-state index in [1.807, 2.05) is 36.4 Å². The van der Waals surface area contributed by atoms with Crippen LogP contribution in [-0.4, -0.2) is 0 Å². The van der Waals surface area contributed by atoms with E-state index in [1.165, 1.54) is 24.3 Å². The molecule has 4 heteroatoms. The molecule has 0 amide bonds. The Bertz CT molecular complexity index is 1460. The van der Waals surface area contributed by atoms with Crippen LogP contribution in [0.4, 0.5) is 8.78 Å². The van der Waals surface area contributed by atoms with Crippen molar-refractivity contribution in [3.05, 3.63) is 118 Å². The minimum atomic E-state index is -0.603. The molecule has 0 N–H and O–H groups in total. The van der Waals surface area contributed by atoms with Crippen molar-refractivity contribution in [2.75, 3.05) is 0 Å². The summed E-state index contributed by atoms with van der Waals surface area (Å²) in [4.78, 5) is 0. The summed E-state index contributed by atoms with van der Waals surface area (Å²) < 4.78 is 27.7. The lowest BCUT2D eigenvalue weighted by Gasteiger charge is -2.03. The van der Waals surface area contributed by atoms with E-state index in [1.54, 1.807) is 24.3 Å². The van der Waals surface area contributed by atoms with Crippen LogP contribution in [0.15, 0.2) is 72.8 Å². The van der Waals surface area contributed by atoms with Gasteiger partial charge in [-0.25, -0.2) is 8.78 Å². The fraction of sp³-hybridized carbons (Fsp3) is 0. The Morgan fingerprint density at radius 1 is 0.500 bits per heavy atom. The molecule has 0 atom stereocenters. The Morgan fingerprint density at radius 3 is 1.28 bits per heavy atom. The zero-order chi connectivity index (χ0) is 22.5. The van der Waals surface area contributed by atoms with Crippen LogP contribution in [0, 0.1) is 58.0 Å². The summed E-state index contributed by atoms with van der Waals surface area (Å²) in [7, 11) is 0. The second-order valence-corrected chi connectivity index (χ2v) is 6.82. The lowest BCUT2D eigenvalue weighted by molar-refractivity contribution is 0.623. The molecule has 4 aromatic rings. The molecule has 4 aromatic carbocycles. The maximum Gasteiger partial charge on any atom is 0.142 e. The summed E-state index contributed by atoms with van der Waals surface area (Å²) in [5.74, 6) is 10.8. The smallest absolute Gasteiger partial charge is 0.142 e. The van der Waals surface area contributed by atoms with Crippen LogP contribution in [0.3, 0.4) is 0 Å². The number of hydrogen-bond acceptors (Lipinski definition) is 2. The standard InChI is InChI=1S/C28H12F2N2/c29-27-15-19(7-11-23(27)17-31)5-9-21-13-14-22(26-4-2-1-3-25(21)26)10-6-20-8-12-24(18-32)28(30)16-20/h1-4,7-8,11-16H. The van der Waals surface area contributed by atoms with Crippen LogP contribution in [-0.2, 0) is 0 Å². The third kappa shape index (κ3) is 4.17. The number of nitriles is 2. The van der Waals surface area contributed by atoms with E-state index in [0.29, 0.717) is 11.1 Å². The van der Waals surface area contributed by atoms with Gasteiger partial charge in [-0.05, 0) is 59.3 Å². The van der Waals surface area contributed by atoms with Crippen LogP contribution >= 0.6 is 0 Å². The highest BCUT2D eigenvalue weighted by Gasteiger charge is 2.05. The van der Waals surface area contributed by atoms with Crippen molar-refractivity contribution in [1.82, 2.24) is 0 Å². The highest BCUT2D eigenvalue weighted by atomic mass is 19.1. The van der Waals surface area contributed by atoms with E-state index in [0.717, 1.165) is 21.9 Å². The van der Waals surface area contributed by atoms with Crippen LogP contribution in [0.5, 0.6) is 0 Å². The Morgan fingerprint density at radius 2 is 0.906 bits per heavy atom. The van der Waals surface area contributed by atoms with Gasteiger partial charge in [0.2, 0.25) is 0 Å². The lowest BCUT2D eigenvalue weighted by atomic mass is 9.99. The number of hydrogen-bond donors (Lipinski definition) is 0. The predicted molar refractivity (Wildman–Crippen MR) is 118 cm³/mol. The molecule has 4 rings (SSSR count). The van der Waals surface area contributed by atoms with Crippen molar-refractivity contribution in [3.8, 4) is 35.8 Å². The average molecular weight is 414 g/mol. The molecule has 0 bridgehead atoms. The highest BCUT2D eigenvalue weighted by molar-refractivity contribution is 5.93. The summed E-state index contributed by atoms with van der Waals surface area (Å²) in [6.07, 6.45) is 0. The van der Waals surface area contributed by atoms with Crippen LogP contribution in [0.1, 0.15) is 33.4 Å². The van der Waals surface area contributed by atoms with Gasteiger partial charge in [-0.1, -0.05) is 47.9 Å². The number of halogens is 2. The van der Waals surface area contributed by atoms with Gasteiger partial charge in [0.1, 0.15) is 23.8 Å². The number of benzene rings is 4. The zero-order valence-corrected chi connectivity index (χ0v) is 16.6. The third-order valence-electron chi connectivity index (χ3n) is 4.79. The Labute approximate surface area is 184 Å². The Hall–Kier alpha value is -4.90. The Balaban J connectivity index is 1.72. The van der Waals surface area contributed by atoms with Crippen LogP contribution in [0.25, 0.3) is 10.8 Å². The van der Waals surface area contributed by atoms with E-state index in [4.69, 9.17) is 10.5 Å². The van der Waals surface area contributed by atoms with Gasteiger partial charge in [-0.3, -0.25) is 0 Å². The molecule has 0 aliphatic heterocycles. The zero-order valence-electron chi connectivity index (χ0n) is 16.6. The summed E-state index contributed by atoms with van der Waals surface area (Å²) in [5, 5.41) is 19.5. The molecule has 148 valence electrons. The first-order valence-corrected chi connectivity index (χ1v) is 9.54. The van der Waals surface area contributed by atoms with Gasteiger partial charge in [0.05, 0.1) is 11.1 Å². The van der Waals surface area contributed by atoms with Crippen molar-refractivity contribution < 1.29 is 8.78 Å². The summed E-state index contributed by atoms with van der Waals surface area (Å²) in [6.45, 7) is 0. The van der Waals surface area contributed by atoms with Crippen molar-refractivity contribution in [3.63, 3.8) is 0 Å². The normalized spacial score (nSPS) is 9.62. The molecule has 0 heterocycles. The third-order valence-corrected chi connectivity index (χ3v) is 4.79. The van der Waals surface area contributed by atoms with E-state index in [9.17, 15) is 8.78 Å². The lowest BCUT2D eigenvalue weighted by Crippen LogP contribution is -1.87. The number of rotatable bonds is 0. The predicted octanol–water partition coefficient (Wildman–Crippen LogP) is 5.66. The first kappa shape index (κ1) is 20.4. The second kappa shape index (κ2) is 8.85.